The van der Waals surface area contributed by atoms with E-state index in [4.69, 9.17) is 9.97 Å². The Morgan fingerprint density at radius 1 is 1.13 bits per heavy atom. The van der Waals surface area contributed by atoms with Crippen LogP contribution in [0.25, 0.3) is 16.1 Å². The molecule has 1 aliphatic carbocycles. The first kappa shape index (κ1) is 26.0. The van der Waals surface area contributed by atoms with Crippen LogP contribution < -0.4 is 10.2 Å². The lowest BCUT2D eigenvalue weighted by molar-refractivity contribution is 0.290. The summed E-state index contributed by atoms with van der Waals surface area (Å²) in [5.41, 5.74) is 5.93. The van der Waals surface area contributed by atoms with Gasteiger partial charge in [0.25, 0.3) is 0 Å². The van der Waals surface area contributed by atoms with Crippen LogP contribution in [0.4, 0.5) is 16.8 Å². The third-order valence-electron chi connectivity index (χ3n) is 8.20. The number of fused-ring (bicyclic) bond motifs is 1. The lowest BCUT2D eigenvalue weighted by Gasteiger charge is -2.28. The van der Waals surface area contributed by atoms with Crippen molar-refractivity contribution in [2.45, 2.75) is 44.2 Å². The lowest BCUT2D eigenvalue weighted by Crippen LogP contribution is -2.28. The minimum atomic E-state index is -1.47. The number of rotatable bonds is 7. The maximum atomic E-state index is 4.89. The highest BCUT2D eigenvalue weighted by molar-refractivity contribution is 8.27. The van der Waals surface area contributed by atoms with Gasteiger partial charge in [-0.2, -0.15) is 9.21 Å². The summed E-state index contributed by atoms with van der Waals surface area (Å²) in [5, 5.41) is 4.29. The largest absolute Gasteiger partial charge is 0.364 e. The maximum absolute atomic E-state index is 4.89. The molecule has 1 saturated carbocycles. The van der Waals surface area contributed by atoms with E-state index in [1.807, 2.05) is 18.2 Å². The number of nitrogens with one attached hydrogen (secondary N) is 1. The second-order valence-electron chi connectivity index (χ2n) is 11.4. The predicted molar refractivity (Wildman–Crippen MR) is 172 cm³/mol. The Labute approximate surface area is 237 Å². The van der Waals surface area contributed by atoms with E-state index in [2.05, 4.69) is 84.2 Å². The minimum absolute atomic E-state index is 0.513. The average molecular weight is 559 g/mol. The number of benzene rings is 1. The van der Waals surface area contributed by atoms with E-state index in [1.54, 1.807) is 11.3 Å². The number of pyridine rings is 1. The standard InChI is InChI=1S/C31H38N6S2/c1-19-30(38-31(32-19)34-27-10-9-11-28(33-27)36-15-14-35(5)22(36)4)24-16-25-18-37(20(2)23-12-13-23)21(3)29(25)26(17-24)39(6,7)8/h9-11,16-17,20,23H,3-4,6-7,12-15,18H2,1-2,5,8H3,(H,32,33,34). The molecular formula is C31H38N6S2. The molecule has 2 aliphatic heterocycles. The van der Waals surface area contributed by atoms with Gasteiger partial charge in [-0.05, 0) is 74.3 Å². The van der Waals surface area contributed by atoms with E-state index in [-0.39, 0.29) is 0 Å². The van der Waals surface area contributed by atoms with Gasteiger partial charge in [-0.25, -0.2) is 9.97 Å². The molecule has 1 atom stereocenters. The molecule has 0 bridgehead atoms. The van der Waals surface area contributed by atoms with Crippen molar-refractivity contribution in [1.82, 2.24) is 19.8 Å². The smallest absolute Gasteiger partial charge is 0.189 e. The van der Waals surface area contributed by atoms with Gasteiger partial charge in [0.15, 0.2) is 5.13 Å². The fraction of sp³-hybridized carbons (Fsp3) is 0.355. The van der Waals surface area contributed by atoms with E-state index in [9.17, 15) is 0 Å². The van der Waals surface area contributed by atoms with Gasteiger partial charge >= 0.3 is 0 Å². The SMILES string of the molecule is C=C1N(C)CCN1c1cccc(Nc2nc(C)c(-c3cc4c(c(S(=C)(=C)C)c3)C(=C)N(C(C)C3CC3)C4)s2)n1. The van der Waals surface area contributed by atoms with Crippen molar-refractivity contribution >= 4 is 54.7 Å². The van der Waals surface area contributed by atoms with Crippen molar-refractivity contribution in [2.75, 3.05) is 36.6 Å². The van der Waals surface area contributed by atoms with Crippen LogP contribution in [0.2, 0.25) is 0 Å². The highest BCUT2D eigenvalue weighted by Gasteiger charge is 2.37. The van der Waals surface area contributed by atoms with Gasteiger partial charge in [-0.1, -0.05) is 42.3 Å². The summed E-state index contributed by atoms with van der Waals surface area (Å²) < 4.78 is 0. The lowest BCUT2D eigenvalue weighted by atomic mass is 10.0. The molecule has 1 aromatic carbocycles. The summed E-state index contributed by atoms with van der Waals surface area (Å²) in [6, 6.07) is 11.2. The van der Waals surface area contributed by atoms with Gasteiger partial charge in [0.1, 0.15) is 17.5 Å². The number of aromatic nitrogens is 2. The molecule has 3 aromatic rings. The first-order valence-corrected chi connectivity index (χ1v) is 16.7. The number of thiazole rings is 1. The number of hydrogen-bond donors (Lipinski definition) is 1. The Morgan fingerprint density at radius 2 is 1.90 bits per heavy atom. The van der Waals surface area contributed by atoms with Gasteiger partial charge < -0.3 is 20.0 Å². The first-order chi connectivity index (χ1) is 18.5. The van der Waals surface area contributed by atoms with Crippen LogP contribution in [-0.2, 0) is 6.54 Å². The van der Waals surface area contributed by atoms with Gasteiger partial charge in [-0.15, -0.1) is 0 Å². The van der Waals surface area contributed by atoms with E-state index < -0.39 is 9.21 Å². The Bertz CT molecular complexity index is 1600. The third-order valence-corrected chi connectivity index (χ3v) is 10.7. The van der Waals surface area contributed by atoms with E-state index in [1.165, 1.54) is 34.4 Å². The Kier molecular flexibility index (Phi) is 6.31. The molecular weight excluding hydrogens is 521 g/mol. The van der Waals surface area contributed by atoms with Crippen molar-refractivity contribution in [1.29, 1.82) is 0 Å². The molecule has 1 unspecified atom stereocenters. The minimum Gasteiger partial charge on any atom is -0.364 e. The summed E-state index contributed by atoms with van der Waals surface area (Å²) in [5.74, 6) is 12.4. The second-order valence-corrected chi connectivity index (χ2v) is 15.4. The molecule has 0 amide bonds. The normalized spacial score (nSPS) is 18.2. The number of hydrogen-bond acceptors (Lipinski definition) is 7. The van der Waals surface area contributed by atoms with E-state index in [0.717, 1.165) is 64.4 Å². The quantitative estimate of drug-likeness (QED) is 0.325. The van der Waals surface area contributed by atoms with Gasteiger partial charge in [0.2, 0.25) is 0 Å². The van der Waals surface area contributed by atoms with Crippen molar-refractivity contribution in [3.8, 4) is 10.4 Å². The van der Waals surface area contributed by atoms with Gasteiger partial charge in [-0.3, -0.25) is 0 Å². The van der Waals surface area contributed by atoms with Gasteiger partial charge in [0.05, 0.1) is 10.6 Å². The first-order valence-electron chi connectivity index (χ1n) is 13.5. The zero-order valence-corrected chi connectivity index (χ0v) is 25.1. The summed E-state index contributed by atoms with van der Waals surface area (Å²) in [7, 11) is 0.593. The fourth-order valence-electron chi connectivity index (χ4n) is 5.72. The molecule has 204 valence electrons. The summed E-state index contributed by atoms with van der Waals surface area (Å²) >= 11 is 1.66. The van der Waals surface area contributed by atoms with Crippen molar-refractivity contribution in [3.05, 3.63) is 66.1 Å². The van der Waals surface area contributed by atoms with Crippen LogP contribution >= 0.6 is 20.5 Å². The van der Waals surface area contributed by atoms with Gasteiger partial charge in [0, 0.05) is 48.9 Å². The molecule has 4 heterocycles. The molecule has 1 saturated heterocycles. The molecule has 39 heavy (non-hydrogen) atoms. The van der Waals surface area contributed by atoms with Crippen LogP contribution in [0.5, 0.6) is 0 Å². The van der Waals surface area contributed by atoms with E-state index in [0.29, 0.717) is 6.04 Å². The average Bonchev–Trinajstić information content (AvgIpc) is 3.50. The summed E-state index contributed by atoms with van der Waals surface area (Å²) in [4.78, 5) is 18.9. The highest BCUT2D eigenvalue weighted by atomic mass is 32.2. The highest BCUT2D eigenvalue weighted by Crippen LogP contribution is 2.49. The molecule has 0 spiro atoms. The summed E-state index contributed by atoms with van der Waals surface area (Å²) in [6.07, 6.45) is 4.82. The second kappa shape index (κ2) is 9.45. The molecule has 6 rings (SSSR count). The number of likely N-dealkylation sites (N-methyl/N-ethyl adjacent to an activating group) is 1. The van der Waals surface area contributed by atoms with Crippen LogP contribution in [0, 0.1) is 12.8 Å². The zero-order valence-electron chi connectivity index (χ0n) is 23.5. The molecule has 6 nitrogen and oxygen atoms in total. The molecule has 1 N–H and O–H groups in total. The van der Waals surface area contributed by atoms with E-state index >= 15 is 0 Å². The Hall–Kier alpha value is -3.23. The zero-order chi connectivity index (χ0) is 27.6. The van der Waals surface area contributed by atoms with Crippen LogP contribution in [0.3, 0.4) is 0 Å². The van der Waals surface area contributed by atoms with Crippen LogP contribution in [0.1, 0.15) is 36.6 Å². The summed E-state index contributed by atoms with van der Waals surface area (Å²) in [6.45, 7) is 15.9. The predicted octanol–water partition coefficient (Wildman–Crippen LogP) is 6.72. The van der Waals surface area contributed by atoms with Crippen molar-refractivity contribution < 1.29 is 0 Å². The van der Waals surface area contributed by atoms with Crippen molar-refractivity contribution in [3.63, 3.8) is 0 Å². The molecule has 2 fully saturated rings. The molecule has 3 aliphatic rings. The fourth-order valence-corrected chi connectivity index (χ4v) is 7.84. The van der Waals surface area contributed by atoms with Crippen molar-refractivity contribution in [2.24, 2.45) is 5.92 Å². The number of anilines is 3. The molecule has 8 heteroatoms. The van der Waals surface area contributed by atoms with Crippen LogP contribution in [-0.4, -0.2) is 63.9 Å². The molecule has 0 radical (unpaired) electrons. The maximum Gasteiger partial charge on any atom is 0.189 e. The van der Waals surface area contributed by atoms with Crippen LogP contribution in [0.15, 0.2) is 54.2 Å². The Morgan fingerprint density at radius 3 is 2.56 bits per heavy atom. The number of nitrogens with zero attached hydrogens (tertiary/aromatic N) is 5. The third kappa shape index (κ3) is 4.74. The molecule has 2 aromatic heterocycles. The number of aryl methyl sites for hydroxylation is 1. The topological polar surface area (TPSA) is 47.5 Å². The Balaban J connectivity index is 1.32. The monoisotopic (exact) mass is 558 g/mol.